The average Bonchev–Trinajstić information content (AvgIpc) is 2.89. The summed E-state index contributed by atoms with van der Waals surface area (Å²) in [6.45, 7) is 5.82. The number of aromatic amines is 1. The Morgan fingerprint density at radius 2 is 2.04 bits per heavy atom. The van der Waals surface area contributed by atoms with Crippen molar-refractivity contribution in [2.24, 2.45) is 11.8 Å². The van der Waals surface area contributed by atoms with E-state index in [-0.39, 0.29) is 17.7 Å². The number of hydrogen-bond acceptors (Lipinski definition) is 2. The van der Waals surface area contributed by atoms with Gasteiger partial charge in [0.05, 0.1) is 0 Å². The van der Waals surface area contributed by atoms with Gasteiger partial charge < -0.3 is 4.98 Å². The van der Waals surface area contributed by atoms with E-state index in [0.29, 0.717) is 11.5 Å². The van der Waals surface area contributed by atoms with Gasteiger partial charge in [0.15, 0.2) is 0 Å². The van der Waals surface area contributed by atoms with E-state index >= 15 is 0 Å². The number of aryl methyl sites for hydroxylation is 1. The number of hydrogen-bond donors (Lipinski definition) is 3. The fourth-order valence-corrected chi connectivity index (χ4v) is 3.07. The third-order valence-electron chi connectivity index (χ3n) is 4.52. The van der Waals surface area contributed by atoms with Gasteiger partial charge in [0, 0.05) is 28.1 Å². The average molecular weight is 313 g/mol. The number of carbonyl (C=O) groups is 2. The lowest BCUT2D eigenvalue weighted by atomic mass is 9.87. The van der Waals surface area contributed by atoms with Crippen LogP contribution in [0.1, 0.15) is 48.8 Å². The molecular weight excluding hydrogens is 290 g/mol. The largest absolute Gasteiger partial charge is 0.358 e. The lowest BCUT2D eigenvalue weighted by Crippen LogP contribution is -2.43. The van der Waals surface area contributed by atoms with E-state index < -0.39 is 0 Å². The molecule has 0 saturated heterocycles. The molecule has 0 saturated carbocycles. The molecule has 0 radical (unpaired) electrons. The van der Waals surface area contributed by atoms with Crippen molar-refractivity contribution >= 4 is 22.7 Å². The number of nitrogens with one attached hydrogen (secondary N) is 3. The minimum Gasteiger partial charge on any atom is -0.358 e. The minimum atomic E-state index is -0.292. The maximum atomic E-state index is 12.2. The summed E-state index contributed by atoms with van der Waals surface area (Å²) in [5.41, 5.74) is 9.18. The smallest absolute Gasteiger partial charge is 0.269 e. The molecule has 2 amide bonds. The number of aromatic nitrogens is 1. The zero-order chi connectivity index (χ0) is 16.6. The highest BCUT2D eigenvalue weighted by atomic mass is 16.2. The topological polar surface area (TPSA) is 74.0 Å². The normalized spacial score (nSPS) is 17.1. The maximum Gasteiger partial charge on any atom is 0.269 e. The van der Waals surface area contributed by atoms with Crippen LogP contribution in [-0.4, -0.2) is 16.8 Å². The van der Waals surface area contributed by atoms with Crippen molar-refractivity contribution in [1.29, 1.82) is 0 Å². The van der Waals surface area contributed by atoms with Crippen LogP contribution in [0, 0.1) is 11.8 Å². The zero-order valence-corrected chi connectivity index (χ0v) is 13.8. The predicted molar refractivity (Wildman–Crippen MR) is 89.9 cm³/mol. The number of H-pyrrole nitrogens is 1. The fourth-order valence-electron chi connectivity index (χ4n) is 3.07. The molecule has 0 spiro atoms. The Hall–Kier alpha value is -2.30. The summed E-state index contributed by atoms with van der Waals surface area (Å²) in [7, 11) is 0. The number of carbonyl (C=O) groups excluding carboxylic acids is 2. The van der Waals surface area contributed by atoms with E-state index in [9.17, 15) is 9.59 Å². The molecule has 23 heavy (non-hydrogen) atoms. The van der Waals surface area contributed by atoms with Gasteiger partial charge in [-0.15, -0.1) is 0 Å². The SMILES string of the molecule is CC(C)C(=O)NNC(=O)c1ccc2[nH]c3c(c2c1)C[C@H](C)CC3. The van der Waals surface area contributed by atoms with Gasteiger partial charge in [-0.1, -0.05) is 20.8 Å². The van der Waals surface area contributed by atoms with Gasteiger partial charge in [0.1, 0.15) is 0 Å². The van der Waals surface area contributed by atoms with E-state index in [1.165, 1.54) is 17.7 Å². The van der Waals surface area contributed by atoms with E-state index in [4.69, 9.17) is 0 Å². The fraction of sp³-hybridized carbons (Fsp3) is 0.444. The molecule has 3 N–H and O–H groups in total. The molecule has 1 heterocycles. The Balaban J connectivity index is 1.83. The standard InChI is InChI=1S/C18H23N3O2/c1-10(2)17(22)20-21-18(23)12-5-7-16-14(9-12)13-8-11(3)4-6-15(13)19-16/h5,7,9-11,19H,4,6,8H2,1-3H3,(H,20,22)(H,21,23)/t11-/m1/s1. The van der Waals surface area contributed by atoms with Crippen LogP contribution in [0.3, 0.4) is 0 Å². The Labute approximate surface area is 135 Å². The van der Waals surface area contributed by atoms with Crippen molar-refractivity contribution in [2.45, 2.75) is 40.0 Å². The van der Waals surface area contributed by atoms with Crippen molar-refractivity contribution in [3.05, 3.63) is 35.0 Å². The molecular formula is C18H23N3O2. The van der Waals surface area contributed by atoms with E-state index in [1.807, 2.05) is 12.1 Å². The van der Waals surface area contributed by atoms with Crippen LogP contribution < -0.4 is 10.9 Å². The highest BCUT2D eigenvalue weighted by Gasteiger charge is 2.20. The van der Waals surface area contributed by atoms with Crippen LogP contribution in [0.4, 0.5) is 0 Å². The van der Waals surface area contributed by atoms with Crippen molar-refractivity contribution in [1.82, 2.24) is 15.8 Å². The third-order valence-corrected chi connectivity index (χ3v) is 4.52. The molecule has 1 aromatic carbocycles. The van der Waals surface area contributed by atoms with Crippen LogP contribution in [0.2, 0.25) is 0 Å². The minimum absolute atomic E-state index is 0.170. The quantitative estimate of drug-likeness (QED) is 0.746. The number of benzene rings is 1. The van der Waals surface area contributed by atoms with E-state index in [0.717, 1.165) is 23.7 Å². The molecule has 5 nitrogen and oxygen atoms in total. The molecule has 5 heteroatoms. The second kappa shape index (κ2) is 6.07. The van der Waals surface area contributed by atoms with E-state index in [1.54, 1.807) is 19.9 Å². The molecule has 0 aliphatic heterocycles. The Morgan fingerprint density at radius 1 is 1.26 bits per heavy atom. The van der Waals surface area contributed by atoms with Gasteiger partial charge in [0.2, 0.25) is 5.91 Å². The first-order valence-corrected chi connectivity index (χ1v) is 8.19. The molecule has 1 atom stereocenters. The monoisotopic (exact) mass is 313 g/mol. The molecule has 1 aliphatic rings. The number of amides is 2. The van der Waals surface area contributed by atoms with Gasteiger partial charge >= 0.3 is 0 Å². The Bertz CT molecular complexity index is 761. The number of rotatable bonds is 2. The summed E-state index contributed by atoms with van der Waals surface area (Å²) in [5.74, 6) is 0.00672. The molecule has 0 fully saturated rings. The van der Waals surface area contributed by atoms with Crippen LogP contribution >= 0.6 is 0 Å². The van der Waals surface area contributed by atoms with Crippen LogP contribution in [0.15, 0.2) is 18.2 Å². The maximum absolute atomic E-state index is 12.2. The lowest BCUT2D eigenvalue weighted by molar-refractivity contribution is -0.124. The predicted octanol–water partition coefficient (Wildman–Crippen LogP) is 2.71. The number of hydrazine groups is 1. The van der Waals surface area contributed by atoms with Crippen molar-refractivity contribution in [3.8, 4) is 0 Å². The first kappa shape index (κ1) is 15.6. The van der Waals surface area contributed by atoms with Crippen LogP contribution in [-0.2, 0) is 17.6 Å². The second-order valence-corrected chi connectivity index (χ2v) is 6.79. The van der Waals surface area contributed by atoms with Gasteiger partial charge in [-0.25, -0.2) is 0 Å². The van der Waals surface area contributed by atoms with E-state index in [2.05, 4.69) is 22.8 Å². The molecule has 0 bridgehead atoms. The summed E-state index contributed by atoms with van der Waals surface area (Å²) < 4.78 is 0. The highest BCUT2D eigenvalue weighted by molar-refractivity contribution is 5.99. The Kier molecular flexibility index (Phi) is 4.11. The molecule has 122 valence electrons. The first-order chi connectivity index (χ1) is 11.0. The molecule has 3 rings (SSSR count). The molecule has 2 aromatic rings. The second-order valence-electron chi connectivity index (χ2n) is 6.79. The zero-order valence-electron chi connectivity index (χ0n) is 13.8. The van der Waals surface area contributed by atoms with Gasteiger partial charge in [-0.2, -0.15) is 0 Å². The first-order valence-electron chi connectivity index (χ1n) is 8.19. The van der Waals surface area contributed by atoms with Gasteiger partial charge in [0.25, 0.3) is 5.91 Å². The molecule has 0 unspecified atom stereocenters. The van der Waals surface area contributed by atoms with Crippen molar-refractivity contribution in [2.75, 3.05) is 0 Å². The third kappa shape index (κ3) is 3.09. The van der Waals surface area contributed by atoms with Crippen LogP contribution in [0.5, 0.6) is 0 Å². The summed E-state index contributed by atoms with van der Waals surface area (Å²) in [6, 6.07) is 5.64. The van der Waals surface area contributed by atoms with Crippen molar-refractivity contribution in [3.63, 3.8) is 0 Å². The lowest BCUT2D eigenvalue weighted by Gasteiger charge is -2.18. The molecule has 1 aliphatic carbocycles. The van der Waals surface area contributed by atoms with Crippen molar-refractivity contribution < 1.29 is 9.59 Å². The van der Waals surface area contributed by atoms with Crippen LogP contribution in [0.25, 0.3) is 10.9 Å². The molecule has 1 aromatic heterocycles. The van der Waals surface area contributed by atoms with Gasteiger partial charge in [-0.05, 0) is 48.9 Å². The summed E-state index contributed by atoms with van der Waals surface area (Å²) in [5, 5.41) is 1.12. The highest BCUT2D eigenvalue weighted by Crippen LogP contribution is 2.32. The summed E-state index contributed by atoms with van der Waals surface area (Å²) >= 11 is 0. The van der Waals surface area contributed by atoms with Gasteiger partial charge in [-0.3, -0.25) is 20.4 Å². The number of fused-ring (bicyclic) bond motifs is 3. The summed E-state index contributed by atoms with van der Waals surface area (Å²) in [4.78, 5) is 27.2. The summed E-state index contributed by atoms with van der Waals surface area (Å²) in [6.07, 6.45) is 3.32. The Morgan fingerprint density at radius 3 is 2.78 bits per heavy atom.